The molecule has 0 radical (unpaired) electrons. The lowest BCUT2D eigenvalue weighted by molar-refractivity contribution is -0.115. The van der Waals surface area contributed by atoms with Gasteiger partial charge in [0.15, 0.2) is 0 Å². The summed E-state index contributed by atoms with van der Waals surface area (Å²) in [6.07, 6.45) is 3.35. The van der Waals surface area contributed by atoms with E-state index in [9.17, 15) is 14.4 Å². The number of fused-ring (bicyclic) bond motifs is 1. The number of imide groups is 1. The van der Waals surface area contributed by atoms with E-state index in [1.165, 1.54) is 0 Å². The third-order valence-corrected chi connectivity index (χ3v) is 5.65. The van der Waals surface area contributed by atoms with Gasteiger partial charge in [-0.15, -0.1) is 0 Å². The number of nitrogens with zero attached hydrogens (tertiary/aromatic N) is 1. The Bertz CT molecular complexity index is 1220. The molecule has 0 bridgehead atoms. The first-order valence-electron chi connectivity index (χ1n) is 9.84. The molecule has 6 nitrogen and oxygen atoms in total. The number of thioether (sulfide) groups is 1. The van der Waals surface area contributed by atoms with Gasteiger partial charge < -0.3 is 4.74 Å². The summed E-state index contributed by atoms with van der Waals surface area (Å²) < 4.78 is 7.55. The van der Waals surface area contributed by atoms with Crippen LogP contribution < -0.4 is 10.1 Å². The van der Waals surface area contributed by atoms with Crippen molar-refractivity contribution in [3.05, 3.63) is 70.8 Å². The zero-order chi connectivity index (χ0) is 22.2. The number of hydrogen-bond acceptors (Lipinski definition) is 5. The van der Waals surface area contributed by atoms with Gasteiger partial charge in [-0.25, -0.2) is 0 Å². The Morgan fingerprint density at radius 2 is 1.87 bits per heavy atom. The van der Waals surface area contributed by atoms with Gasteiger partial charge in [0.2, 0.25) is 5.91 Å². The summed E-state index contributed by atoms with van der Waals surface area (Å²) >= 11 is 0.848. The van der Waals surface area contributed by atoms with Crippen molar-refractivity contribution in [2.45, 2.75) is 27.4 Å². The van der Waals surface area contributed by atoms with Gasteiger partial charge in [0.05, 0.1) is 10.4 Å². The molecule has 0 atom stereocenters. The Hall–Kier alpha value is -3.32. The first-order chi connectivity index (χ1) is 14.7. The highest BCUT2D eigenvalue weighted by atomic mass is 32.2. The molecule has 2 amide bonds. The molecule has 1 N–H and O–H groups in total. The molecule has 1 aromatic heterocycles. The Labute approximate surface area is 184 Å². The molecular formula is C24H22N2O4S. The van der Waals surface area contributed by atoms with Gasteiger partial charge in [-0.2, -0.15) is 0 Å². The number of benzene rings is 2. The van der Waals surface area contributed by atoms with E-state index in [0.29, 0.717) is 28.3 Å². The van der Waals surface area contributed by atoms with Gasteiger partial charge in [0.1, 0.15) is 12.4 Å². The lowest BCUT2D eigenvalue weighted by Gasteiger charge is -2.17. The van der Waals surface area contributed by atoms with Crippen LogP contribution in [-0.4, -0.2) is 21.6 Å². The number of ether oxygens (including phenoxy) is 1. The van der Waals surface area contributed by atoms with E-state index in [4.69, 9.17) is 4.74 Å². The Balaban J connectivity index is 1.76. The Morgan fingerprint density at radius 3 is 2.52 bits per heavy atom. The zero-order valence-electron chi connectivity index (χ0n) is 17.5. The molecule has 2 heterocycles. The standard InChI is InChI=1S/C24H22N2O4S/c1-24(2,3)22(28)26-13-16(11-20-21(27)25-23(29)31-20)18-12-17(9-10-19(18)26)30-14-15-7-5-4-6-8-15/h4-13H,14H2,1-3H3,(H,25,27,29)/b20-11+. The fraction of sp³-hybridized carbons (Fsp3) is 0.208. The van der Waals surface area contributed by atoms with Crippen LogP contribution in [0, 0.1) is 5.41 Å². The third kappa shape index (κ3) is 4.41. The number of hydrogen-bond donors (Lipinski definition) is 1. The highest BCUT2D eigenvalue weighted by Crippen LogP contribution is 2.33. The van der Waals surface area contributed by atoms with Crippen molar-refractivity contribution < 1.29 is 19.1 Å². The van der Waals surface area contributed by atoms with Crippen LogP contribution in [0.2, 0.25) is 0 Å². The van der Waals surface area contributed by atoms with Crippen molar-refractivity contribution in [1.82, 2.24) is 9.88 Å². The highest BCUT2D eigenvalue weighted by molar-refractivity contribution is 8.18. The van der Waals surface area contributed by atoms with Crippen LogP contribution in [0.15, 0.2) is 59.6 Å². The molecule has 1 aliphatic heterocycles. The molecule has 1 saturated heterocycles. The van der Waals surface area contributed by atoms with Crippen molar-refractivity contribution in [2.24, 2.45) is 5.41 Å². The lowest BCUT2D eigenvalue weighted by Crippen LogP contribution is -2.26. The van der Waals surface area contributed by atoms with Crippen LogP contribution >= 0.6 is 11.8 Å². The van der Waals surface area contributed by atoms with Crippen LogP contribution in [-0.2, 0) is 11.4 Å². The van der Waals surface area contributed by atoms with E-state index in [1.54, 1.807) is 16.8 Å². The number of nitrogens with one attached hydrogen (secondary N) is 1. The van der Waals surface area contributed by atoms with Crippen molar-refractivity contribution in [2.75, 3.05) is 0 Å². The van der Waals surface area contributed by atoms with Gasteiger partial charge in [0.25, 0.3) is 11.1 Å². The molecule has 4 rings (SSSR count). The predicted molar refractivity (Wildman–Crippen MR) is 122 cm³/mol. The molecule has 158 valence electrons. The van der Waals surface area contributed by atoms with E-state index in [-0.39, 0.29) is 5.91 Å². The van der Waals surface area contributed by atoms with E-state index in [1.807, 2.05) is 69.3 Å². The van der Waals surface area contributed by atoms with E-state index < -0.39 is 16.6 Å². The molecule has 1 fully saturated rings. The number of amides is 2. The molecule has 0 spiro atoms. The topological polar surface area (TPSA) is 77.4 Å². The summed E-state index contributed by atoms with van der Waals surface area (Å²) in [6.45, 7) is 5.98. The van der Waals surface area contributed by atoms with Gasteiger partial charge in [0, 0.05) is 22.6 Å². The zero-order valence-corrected chi connectivity index (χ0v) is 18.3. The molecule has 7 heteroatoms. The minimum Gasteiger partial charge on any atom is -0.489 e. The molecule has 0 unspecified atom stereocenters. The monoisotopic (exact) mass is 434 g/mol. The summed E-state index contributed by atoms with van der Waals surface area (Å²) in [5, 5.41) is 2.62. The highest BCUT2D eigenvalue weighted by Gasteiger charge is 2.28. The van der Waals surface area contributed by atoms with Gasteiger partial charge >= 0.3 is 0 Å². The van der Waals surface area contributed by atoms with Crippen molar-refractivity contribution in [3.8, 4) is 5.75 Å². The maximum Gasteiger partial charge on any atom is 0.290 e. The second-order valence-electron chi connectivity index (χ2n) is 8.32. The predicted octanol–water partition coefficient (Wildman–Crippen LogP) is 5.23. The van der Waals surface area contributed by atoms with Crippen molar-refractivity contribution >= 4 is 45.8 Å². The molecule has 2 aromatic carbocycles. The van der Waals surface area contributed by atoms with Crippen LogP contribution in [0.25, 0.3) is 17.0 Å². The lowest BCUT2D eigenvalue weighted by atomic mass is 9.95. The molecule has 1 aliphatic rings. The fourth-order valence-electron chi connectivity index (χ4n) is 3.27. The van der Waals surface area contributed by atoms with E-state index in [0.717, 1.165) is 22.7 Å². The third-order valence-electron chi connectivity index (χ3n) is 4.84. The first-order valence-corrected chi connectivity index (χ1v) is 10.7. The quantitative estimate of drug-likeness (QED) is 0.569. The Kier molecular flexibility index (Phi) is 5.45. The maximum absolute atomic E-state index is 13.0. The number of aromatic nitrogens is 1. The molecule has 3 aromatic rings. The van der Waals surface area contributed by atoms with Gasteiger partial charge in [-0.3, -0.25) is 24.3 Å². The maximum atomic E-state index is 13.0. The minimum absolute atomic E-state index is 0.0697. The normalized spacial score (nSPS) is 15.5. The van der Waals surface area contributed by atoms with Crippen LogP contribution in [0.4, 0.5) is 4.79 Å². The van der Waals surface area contributed by atoms with Crippen LogP contribution in [0.3, 0.4) is 0 Å². The van der Waals surface area contributed by atoms with Crippen molar-refractivity contribution in [1.29, 1.82) is 0 Å². The second-order valence-corrected chi connectivity index (χ2v) is 9.33. The van der Waals surface area contributed by atoms with Crippen LogP contribution in [0.5, 0.6) is 5.75 Å². The smallest absolute Gasteiger partial charge is 0.290 e. The summed E-state index contributed by atoms with van der Waals surface area (Å²) in [5.74, 6) is 0.144. The summed E-state index contributed by atoms with van der Waals surface area (Å²) in [5.41, 5.74) is 1.84. The Morgan fingerprint density at radius 1 is 1.13 bits per heavy atom. The van der Waals surface area contributed by atoms with Crippen molar-refractivity contribution in [3.63, 3.8) is 0 Å². The summed E-state index contributed by atoms with van der Waals surface area (Å²) in [6, 6.07) is 15.4. The van der Waals surface area contributed by atoms with Gasteiger partial charge in [-0.05, 0) is 41.6 Å². The number of rotatable bonds is 4. The molecule has 31 heavy (non-hydrogen) atoms. The first kappa shape index (κ1) is 20.9. The average molecular weight is 435 g/mol. The van der Waals surface area contributed by atoms with E-state index in [2.05, 4.69) is 5.32 Å². The SMILES string of the molecule is CC(C)(C)C(=O)n1cc(/C=C2/SC(=O)NC2=O)c2cc(OCc3ccccc3)ccc21. The molecule has 0 saturated carbocycles. The summed E-state index contributed by atoms with van der Waals surface area (Å²) in [4.78, 5) is 36.9. The average Bonchev–Trinajstić information content (AvgIpc) is 3.24. The molecule has 0 aliphatic carbocycles. The minimum atomic E-state index is -0.589. The van der Waals surface area contributed by atoms with Crippen LogP contribution in [0.1, 0.15) is 36.7 Å². The number of carbonyl (C=O) groups excluding carboxylic acids is 3. The van der Waals surface area contributed by atoms with Gasteiger partial charge in [-0.1, -0.05) is 51.1 Å². The largest absolute Gasteiger partial charge is 0.489 e. The molecular weight excluding hydrogens is 412 g/mol. The van der Waals surface area contributed by atoms with E-state index >= 15 is 0 Å². The summed E-state index contributed by atoms with van der Waals surface area (Å²) in [7, 11) is 0. The number of carbonyl (C=O) groups is 3. The fourth-order valence-corrected chi connectivity index (χ4v) is 3.95. The second kappa shape index (κ2) is 8.07.